The van der Waals surface area contributed by atoms with Crippen molar-refractivity contribution in [2.75, 3.05) is 13.1 Å². The molecule has 1 aliphatic rings. The standard InChI is InChI=1S/C11H14FN/c12-11-3-1-9(2-4-11)10-5-7-13-8-6-10/h1-4,10,13H,5-8H2/p+1. The van der Waals surface area contributed by atoms with Gasteiger partial charge in [-0.2, -0.15) is 0 Å². The van der Waals surface area contributed by atoms with Gasteiger partial charge in [0.15, 0.2) is 0 Å². The van der Waals surface area contributed by atoms with Crippen LogP contribution in [0.1, 0.15) is 24.3 Å². The molecule has 1 nitrogen and oxygen atoms in total. The number of benzene rings is 1. The number of piperidine rings is 1. The van der Waals surface area contributed by atoms with Gasteiger partial charge in [0.1, 0.15) is 5.82 Å². The van der Waals surface area contributed by atoms with E-state index in [2.05, 4.69) is 5.32 Å². The van der Waals surface area contributed by atoms with Crippen LogP contribution >= 0.6 is 0 Å². The third-order valence-electron chi connectivity index (χ3n) is 2.78. The normalized spacial score (nSPS) is 18.8. The molecule has 0 aliphatic carbocycles. The molecule has 2 rings (SSSR count). The molecule has 0 bridgehead atoms. The Morgan fingerprint density at radius 1 is 1.08 bits per heavy atom. The highest BCUT2D eigenvalue weighted by Gasteiger charge is 2.16. The average molecular weight is 180 g/mol. The van der Waals surface area contributed by atoms with Crippen LogP contribution in [-0.4, -0.2) is 13.1 Å². The fourth-order valence-corrected chi connectivity index (χ4v) is 2.00. The number of hydrogen-bond donors (Lipinski definition) is 1. The third-order valence-corrected chi connectivity index (χ3v) is 2.78. The van der Waals surface area contributed by atoms with E-state index in [1.807, 2.05) is 12.1 Å². The zero-order valence-electron chi connectivity index (χ0n) is 7.67. The maximum atomic E-state index is 12.6. The summed E-state index contributed by atoms with van der Waals surface area (Å²) in [6.45, 7) is 2.42. The minimum absolute atomic E-state index is 0.133. The highest BCUT2D eigenvalue weighted by Crippen LogP contribution is 2.23. The predicted molar refractivity (Wildman–Crippen MR) is 50.0 cm³/mol. The van der Waals surface area contributed by atoms with Crippen molar-refractivity contribution in [2.24, 2.45) is 0 Å². The van der Waals surface area contributed by atoms with Gasteiger partial charge in [0, 0.05) is 12.8 Å². The Morgan fingerprint density at radius 3 is 2.31 bits per heavy atom. The Labute approximate surface area is 78.0 Å². The molecule has 0 unspecified atom stereocenters. The molecule has 1 heterocycles. The van der Waals surface area contributed by atoms with Crippen LogP contribution in [0.3, 0.4) is 0 Å². The van der Waals surface area contributed by atoms with Crippen LogP contribution in [0.25, 0.3) is 0 Å². The van der Waals surface area contributed by atoms with Crippen LogP contribution < -0.4 is 5.32 Å². The van der Waals surface area contributed by atoms with Gasteiger partial charge in [-0.25, -0.2) is 4.39 Å². The van der Waals surface area contributed by atoms with E-state index in [-0.39, 0.29) is 5.82 Å². The fourth-order valence-electron chi connectivity index (χ4n) is 2.00. The summed E-state index contributed by atoms with van der Waals surface area (Å²) in [6.07, 6.45) is 2.46. The molecule has 13 heavy (non-hydrogen) atoms. The van der Waals surface area contributed by atoms with Gasteiger partial charge in [-0.05, 0) is 23.6 Å². The topological polar surface area (TPSA) is 16.6 Å². The summed E-state index contributed by atoms with van der Waals surface area (Å²) >= 11 is 0. The Bertz CT molecular complexity index is 262. The van der Waals surface area contributed by atoms with Crippen molar-refractivity contribution in [1.82, 2.24) is 0 Å². The largest absolute Gasteiger partial charge is 0.346 e. The van der Waals surface area contributed by atoms with Crippen molar-refractivity contribution in [1.29, 1.82) is 0 Å². The summed E-state index contributed by atoms with van der Waals surface area (Å²) in [5.74, 6) is 0.525. The van der Waals surface area contributed by atoms with Crippen molar-refractivity contribution < 1.29 is 9.71 Å². The number of halogens is 1. The van der Waals surface area contributed by atoms with Crippen molar-refractivity contribution in [2.45, 2.75) is 18.8 Å². The van der Waals surface area contributed by atoms with Crippen LogP contribution in [-0.2, 0) is 0 Å². The molecule has 0 aromatic heterocycles. The first-order chi connectivity index (χ1) is 6.36. The van der Waals surface area contributed by atoms with E-state index in [0.29, 0.717) is 5.92 Å². The molecule has 2 heteroatoms. The monoisotopic (exact) mass is 180 g/mol. The average Bonchev–Trinajstić information content (AvgIpc) is 2.20. The molecule has 0 amide bonds. The van der Waals surface area contributed by atoms with Gasteiger partial charge >= 0.3 is 0 Å². The summed E-state index contributed by atoms with van der Waals surface area (Å²) in [5, 5.41) is 2.35. The number of rotatable bonds is 1. The third kappa shape index (κ3) is 2.07. The van der Waals surface area contributed by atoms with Crippen LogP contribution in [0.2, 0.25) is 0 Å². The van der Waals surface area contributed by atoms with Gasteiger partial charge in [-0.3, -0.25) is 0 Å². The molecular formula is C11H15FN+. The lowest BCUT2D eigenvalue weighted by molar-refractivity contribution is -0.663. The minimum atomic E-state index is -0.133. The molecule has 1 aliphatic heterocycles. The molecule has 70 valence electrons. The summed E-state index contributed by atoms with van der Waals surface area (Å²) in [5.41, 5.74) is 1.30. The molecule has 0 atom stereocenters. The first-order valence-electron chi connectivity index (χ1n) is 4.93. The van der Waals surface area contributed by atoms with Crippen LogP contribution in [0, 0.1) is 5.82 Å². The van der Waals surface area contributed by atoms with Crippen LogP contribution in [0.4, 0.5) is 4.39 Å². The predicted octanol–water partition coefficient (Wildman–Crippen LogP) is 1.27. The Kier molecular flexibility index (Phi) is 2.60. The molecule has 2 N–H and O–H groups in total. The van der Waals surface area contributed by atoms with Gasteiger partial charge in [0.25, 0.3) is 0 Å². The number of quaternary nitrogens is 1. The van der Waals surface area contributed by atoms with Crippen molar-refractivity contribution in [3.63, 3.8) is 0 Å². The van der Waals surface area contributed by atoms with E-state index in [1.165, 1.54) is 31.5 Å². The van der Waals surface area contributed by atoms with Gasteiger partial charge in [0.2, 0.25) is 0 Å². The SMILES string of the molecule is Fc1ccc(C2CC[NH2+]CC2)cc1. The lowest BCUT2D eigenvalue weighted by Crippen LogP contribution is -2.86. The zero-order valence-corrected chi connectivity index (χ0v) is 7.67. The number of hydrogen-bond acceptors (Lipinski definition) is 0. The van der Waals surface area contributed by atoms with Crippen molar-refractivity contribution in [3.05, 3.63) is 35.6 Å². The van der Waals surface area contributed by atoms with E-state index >= 15 is 0 Å². The van der Waals surface area contributed by atoms with Crippen LogP contribution in [0.15, 0.2) is 24.3 Å². The molecule has 1 saturated heterocycles. The highest BCUT2D eigenvalue weighted by molar-refractivity contribution is 5.20. The van der Waals surface area contributed by atoms with Crippen molar-refractivity contribution in [3.8, 4) is 0 Å². The Hall–Kier alpha value is -0.890. The van der Waals surface area contributed by atoms with E-state index in [0.717, 1.165) is 0 Å². The lowest BCUT2D eigenvalue weighted by Gasteiger charge is -2.20. The van der Waals surface area contributed by atoms with Crippen molar-refractivity contribution >= 4 is 0 Å². The second kappa shape index (κ2) is 3.88. The summed E-state index contributed by atoms with van der Waals surface area (Å²) in [7, 11) is 0. The summed E-state index contributed by atoms with van der Waals surface area (Å²) in [6, 6.07) is 6.97. The summed E-state index contributed by atoms with van der Waals surface area (Å²) < 4.78 is 12.6. The molecule has 0 radical (unpaired) electrons. The van der Waals surface area contributed by atoms with E-state index < -0.39 is 0 Å². The van der Waals surface area contributed by atoms with Gasteiger partial charge < -0.3 is 5.32 Å². The maximum absolute atomic E-state index is 12.6. The second-order valence-corrected chi connectivity index (χ2v) is 3.69. The van der Waals surface area contributed by atoms with Crippen LogP contribution in [0.5, 0.6) is 0 Å². The van der Waals surface area contributed by atoms with E-state index in [4.69, 9.17) is 0 Å². The highest BCUT2D eigenvalue weighted by atomic mass is 19.1. The first kappa shape index (κ1) is 8.70. The lowest BCUT2D eigenvalue weighted by atomic mass is 9.90. The minimum Gasteiger partial charge on any atom is -0.346 e. The zero-order chi connectivity index (χ0) is 9.10. The first-order valence-corrected chi connectivity index (χ1v) is 4.93. The molecule has 0 spiro atoms. The quantitative estimate of drug-likeness (QED) is 0.670. The number of nitrogens with two attached hydrogens (primary N) is 1. The van der Waals surface area contributed by atoms with E-state index in [9.17, 15) is 4.39 Å². The van der Waals surface area contributed by atoms with Gasteiger partial charge in [-0.1, -0.05) is 12.1 Å². The molecule has 1 aromatic carbocycles. The smallest absolute Gasteiger partial charge is 0.123 e. The fraction of sp³-hybridized carbons (Fsp3) is 0.455. The summed E-state index contributed by atoms with van der Waals surface area (Å²) in [4.78, 5) is 0. The molecular weight excluding hydrogens is 165 g/mol. The van der Waals surface area contributed by atoms with E-state index in [1.54, 1.807) is 12.1 Å². The van der Waals surface area contributed by atoms with Gasteiger partial charge in [-0.15, -0.1) is 0 Å². The molecule has 1 aromatic rings. The molecule has 0 saturated carbocycles. The Morgan fingerprint density at radius 2 is 1.69 bits per heavy atom. The maximum Gasteiger partial charge on any atom is 0.123 e. The second-order valence-electron chi connectivity index (χ2n) is 3.69. The Balaban J connectivity index is 2.10. The van der Waals surface area contributed by atoms with Gasteiger partial charge in [0.05, 0.1) is 13.1 Å². The molecule has 1 fully saturated rings.